The van der Waals surface area contributed by atoms with E-state index in [1.54, 1.807) is 6.92 Å². The molecular formula is C49H97N3O13Si3. The van der Waals surface area contributed by atoms with Gasteiger partial charge in [0, 0.05) is 43.2 Å². The van der Waals surface area contributed by atoms with Gasteiger partial charge in [-0.3, -0.25) is 0 Å². The molecule has 0 aromatic heterocycles. The van der Waals surface area contributed by atoms with Crippen molar-refractivity contribution < 1.29 is 61.6 Å². The summed E-state index contributed by atoms with van der Waals surface area (Å²) in [5, 5.41) is 8.18. The van der Waals surface area contributed by atoms with E-state index in [4.69, 9.17) is 37.6 Å². The molecule has 0 saturated heterocycles. The van der Waals surface area contributed by atoms with Gasteiger partial charge >= 0.3 is 24.2 Å². The number of carbonyl (C=O) groups is 4. The average molecular weight is 1020 g/mol. The standard InChI is InChI=1S/C49H97N3O13Si3/c1-39(2)41(53)61-27-23-50-42(54)62-31-28-59-25-19-22-47(7,8)68(16,17)65-48(9,10)66(12,13)34-20-26-60-30-33-64-44(56)52-40-35-45(3,4)37-49(11,36-40)38-51-43(55)63-32-29-58-24-18-21-46(5,6)67(14,15)57/h40,57H,1,18-38H2,2-17H3,(H,50,54)(H,51,55)(H,52,56). The molecule has 1 aliphatic rings. The Morgan fingerprint density at radius 1 is 0.647 bits per heavy atom. The first-order chi connectivity index (χ1) is 31.2. The highest BCUT2D eigenvalue weighted by Crippen LogP contribution is 2.47. The highest BCUT2D eigenvalue weighted by Gasteiger charge is 2.49. The van der Waals surface area contributed by atoms with Gasteiger partial charge < -0.3 is 58.3 Å². The van der Waals surface area contributed by atoms with Crippen LogP contribution in [0.5, 0.6) is 0 Å². The zero-order valence-corrected chi connectivity index (χ0v) is 48.5. The number of amides is 3. The van der Waals surface area contributed by atoms with Gasteiger partial charge in [-0.15, -0.1) is 0 Å². The van der Waals surface area contributed by atoms with Crippen LogP contribution < -0.4 is 16.0 Å². The van der Waals surface area contributed by atoms with E-state index in [1.165, 1.54) is 0 Å². The number of nitrogens with one attached hydrogen (secondary N) is 3. The first-order valence-corrected chi connectivity index (χ1v) is 34.0. The number of rotatable bonds is 33. The summed E-state index contributed by atoms with van der Waals surface area (Å²) in [6.45, 7) is 41.9. The molecule has 68 heavy (non-hydrogen) atoms. The van der Waals surface area contributed by atoms with Crippen LogP contribution >= 0.6 is 0 Å². The quantitative estimate of drug-likeness (QED) is 0.0159. The summed E-state index contributed by atoms with van der Waals surface area (Å²) in [6.07, 6.45) is 5.28. The molecule has 0 heterocycles. The first kappa shape index (κ1) is 63.5. The summed E-state index contributed by atoms with van der Waals surface area (Å²) >= 11 is 0. The molecule has 0 radical (unpaired) electrons. The van der Waals surface area contributed by atoms with Gasteiger partial charge in [-0.1, -0.05) is 74.2 Å². The number of alkyl carbamates (subject to hydrolysis) is 3. The van der Waals surface area contributed by atoms with E-state index in [-0.39, 0.29) is 65.1 Å². The summed E-state index contributed by atoms with van der Waals surface area (Å²) in [7, 11) is -6.30. The summed E-state index contributed by atoms with van der Waals surface area (Å²) < 4.78 is 45.4. The van der Waals surface area contributed by atoms with Crippen LogP contribution in [-0.2, 0) is 42.4 Å². The highest BCUT2D eigenvalue weighted by atomic mass is 28.4. The van der Waals surface area contributed by atoms with Crippen molar-refractivity contribution in [3.05, 3.63) is 12.2 Å². The van der Waals surface area contributed by atoms with Crippen LogP contribution in [0, 0.1) is 10.8 Å². The molecule has 0 spiro atoms. The minimum Gasteiger partial charge on any atom is -0.460 e. The van der Waals surface area contributed by atoms with Crippen molar-refractivity contribution in [1.29, 1.82) is 0 Å². The smallest absolute Gasteiger partial charge is 0.407 e. The Morgan fingerprint density at radius 3 is 1.65 bits per heavy atom. The fourth-order valence-corrected chi connectivity index (χ4v) is 15.1. The Bertz CT molecular complexity index is 1570. The Labute approximate surface area is 414 Å². The van der Waals surface area contributed by atoms with Crippen LogP contribution in [0.1, 0.15) is 121 Å². The van der Waals surface area contributed by atoms with Crippen molar-refractivity contribution in [3.8, 4) is 0 Å². The van der Waals surface area contributed by atoms with Gasteiger partial charge in [0.15, 0.2) is 16.6 Å². The van der Waals surface area contributed by atoms with Gasteiger partial charge in [0.2, 0.25) is 0 Å². The summed E-state index contributed by atoms with van der Waals surface area (Å²) in [5.41, 5.74) is 0.00561. The third-order valence-electron chi connectivity index (χ3n) is 14.5. The maximum absolute atomic E-state index is 12.9. The van der Waals surface area contributed by atoms with Crippen molar-refractivity contribution >= 4 is 49.0 Å². The Balaban J connectivity index is 2.36. The van der Waals surface area contributed by atoms with Crippen molar-refractivity contribution in [3.63, 3.8) is 0 Å². The number of hydrogen-bond acceptors (Lipinski definition) is 13. The van der Waals surface area contributed by atoms with E-state index in [0.717, 1.165) is 51.0 Å². The summed E-state index contributed by atoms with van der Waals surface area (Å²) in [6, 6.07) is 0.933. The van der Waals surface area contributed by atoms with Gasteiger partial charge in [0.05, 0.1) is 34.4 Å². The van der Waals surface area contributed by atoms with E-state index in [1.807, 2.05) is 13.1 Å². The van der Waals surface area contributed by atoms with E-state index in [0.29, 0.717) is 58.2 Å². The van der Waals surface area contributed by atoms with Gasteiger partial charge in [-0.05, 0) is 119 Å². The molecule has 1 fully saturated rings. The first-order valence-electron chi connectivity index (χ1n) is 24.9. The number of carbonyl (C=O) groups excluding carboxylic acids is 4. The third-order valence-corrected chi connectivity index (χ3v) is 27.7. The van der Waals surface area contributed by atoms with Gasteiger partial charge in [-0.25, -0.2) is 19.2 Å². The van der Waals surface area contributed by atoms with Crippen LogP contribution in [-0.4, -0.2) is 144 Å². The second-order valence-electron chi connectivity index (χ2n) is 23.5. The predicted octanol–water partition coefficient (Wildman–Crippen LogP) is 9.88. The summed E-state index contributed by atoms with van der Waals surface area (Å²) in [5.74, 6) is -0.499. The van der Waals surface area contributed by atoms with E-state index in [9.17, 15) is 24.0 Å². The molecule has 3 amide bonds. The highest BCUT2D eigenvalue weighted by molar-refractivity contribution is 6.82. The lowest BCUT2D eigenvalue weighted by Crippen LogP contribution is -2.59. The molecule has 1 aliphatic carbocycles. The summed E-state index contributed by atoms with van der Waals surface area (Å²) in [4.78, 5) is 59.1. The zero-order chi connectivity index (χ0) is 52.1. The molecule has 0 aliphatic heterocycles. The molecule has 1 saturated carbocycles. The minimum absolute atomic E-state index is 0.00652. The Morgan fingerprint density at radius 2 is 1.13 bits per heavy atom. The zero-order valence-electron chi connectivity index (χ0n) is 45.5. The van der Waals surface area contributed by atoms with Gasteiger partial charge in [0.25, 0.3) is 0 Å². The molecule has 0 aromatic rings. The Kier molecular flexibility index (Phi) is 26.6. The second-order valence-corrected chi connectivity index (χ2v) is 38.0. The lowest BCUT2D eigenvalue weighted by atomic mass is 9.62. The average Bonchev–Trinajstić information content (AvgIpc) is 3.18. The minimum atomic E-state index is -2.24. The van der Waals surface area contributed by atoms with E-state index < -0.39 is 49.0 Å². The van der Waals surface area contributed by atoms with Crippen LogP contribution in [0.25, 0.3) is 0 Å². The monoisotopic (exact) mass is 1020 g/mol. The normalized spacial score (nSPS) is 18.0. The van der Waals surface area contributed by atoms with Gasteiger partial charge in [-0.2, -0.15) is 0 Å². The van der Waals surface area contributed by atoms with E-state index in [2.05, 4.69) is 111 Å². The molecule has 4 N–H and O–H groups in total. The molecule has 398 valence electrons. The van der Waals surface area contributed by atoms with Crippen LogP contribution in [0.15, 0.2) is 12.2 Å². The molecule has 2 atom stereocenters. The fraction of sp³-hybridized carbons (Fsp3) is 0.878. The van der Waals surface area contributed by atoms with Crippen molar-refractivity contribution in [2.24, 2.45) is 10.8 Å². The lowest BCUT2D eigenvalue weighted by Gasteiger charge is -2.50. The second kappa shape index (κ2) is 28.5. The molecule has 0 bridgehead atoms. The van der Waals surface area contributed by atoms with Crippen LogP contribution in [0.4, 0.5) is 14.4 Å². The maximum atomic E-state index is 12.9. The molecule has 16 nitrogen and oxygen atoms in total. The van der Waals surface area contributed by atoms with Crippen LogP contribution in [0.3, 0.4) is 0 Å². The molecule has 1 rings (SSSR count). The van der Waals surface area contributed by atoms with Gasteiger partial charge in [0.1, 0.15) is 26.4 Å². The SMILES string of the molecule is C=C(C)C(=O)OCCNC(=O)OCCOCCCC(C)(C)[Si](C)(C)OC(C)(C)[Si](C)(C)CCCOCCOC(=O)NC1CC(C)(C)CC(C)(CNC(=O)OCCOCCCC(C)(C)[Si](C)(C)O)C1. The number of hydrogen-bond donors (Lipinski definition) is 4. The molecule has 19 heteroatoms. The van der Waals surface area contributed by atoms with Crippen molar-refractivity contribution in [1.82, 2.24) is 16.0 Å². The maximum Gasteiger partial charge on any atom is 0.407 e. The third kappa shape index (κ3) is 24.5. The molecule has 2 unspecified atom stereocenters. The topological polar surface area (TPSA) is 198 Å². The predicted molar refractivity (Wildman–Crippen MR) is 277 cm³/mol. The van der Waals surface area contributed by atoms with Crippen molar-refractivity contribution in [2.75, 3.05) is 79.2 Å². The van der Waals surface area contributed by atoms with Crippen molar-refractivity contribution in [2.45, 2.75) is 187 Å². The fourth-order valence-electron chi connectivity index (χ4n) is 8.44. The molecular weight excluding hydrogens is 923 g/mol. The number of esters is 1. The number of ether oxygens (including phenoxy) is 7. The van der Waals surface area contributed by atoms with E-state index >= 15 is 0 Å². The Hall–Kier alpha value is -2.53. The molecule has 0 aromatic carbocycles. The largest absolute Gasteiger partial charge is 0.460 e. The van der Waals surface area contributed by atoms with Crippen LogP contribution in [0.2, 0.25) is 55.4 Å². The lowest BCUT2D eigenvalue weighted by molar-refractivity contribution is -0.138.